The molecule has 0 fully saturated rings. The minimum absolute atomic E-state index is 0.285. The number of halogens is 3. The first-order valence-electron chi connectivity index (χ1n) is 5.43. The van der Waals surface area contributed by atoms with E-state index in [0.717, 1.165) is 0 Å². The van der Waals surface area contributed by atoms with E-state index < -0.39 is 18.8 Å². The van der Waals surface area contributed by atoms with Gasteiger partial charge in [0.1, 0.15) is 6.54 Å². The molecule has 1 N–H and O–H groups in total. The van der Waals surface area contributed by atoms with Gasteiger partial charge in [0.15, 0.2) is 0 Å². The molecule has 0 unspecified atom stereocenters. The maximum absolute atomic E-state index is 12.3. The summed E-state index contributed by atoms with van der Waals surface area (Å²) in [6.45, 7) is 2.61. The lowest BCUT2D eigenvalue weighted by molar-refractivity contribution is -0.119. The van der Waals surface area contributed by atoms with Crippen molar-refractivity contribution < 1.29 is 18.3 Å². The van der Waals surface area contributed by atoms with E-state index in [2.05, 4.69) is 0 Å². The van der Waals surface area contributed by atoms with E-state index in [-0.39, 0.29) is 6.54 Å². The van der Waals surface area contributed by atoms with Gasteiger partial charge in [0.05, 0.1) is 6.10 Å². The van der Waals surface area contributed by atoms with Gasteiger partial charge in [-0.2, -0.15) is 13.2 Å². The van der Waals surface area contributed by atoms with Gasteiger partial charge in [-0.25, -0.2) is 0 Å². The Hall–Kier alpha value is -1.23. The van der Waals surface area contributed by atoms with E-state index in [1.165, 1.54) is 4.90 Å². The van der Waals surface area contributed by atoms with Crippen molar-refractivity contribution in [2.45, 2.75) is 26.1 Å². The Balaban J connectivity index is 2.82. The zero-order valence-electron chi connectivity index (χ0n) is 9.83. The lowest BCUT2D eigenvalue weighted by Crippen LogP contribution is -2.34. The lowest BCUT2D eigenvalue weighted by Gasteiger charge is -2.24. The molecule has 0 spiro atoms. The van der Waals surface area contributed by atoms with Crippen LogP contribution in [-0.4, -0.2) is 24.4 Å². The maximum Gasteiger partial charge on any atom is 0.405 e. The Bertz CT molecular complexity index is 346. The highest BCUT2D eigenvalue weighted by atomic mass is 19.4. The fourth-order valence-electron chi connectivity index (χ4n) is 1.57. The highest BCUT2D eigenvalue weighted by molar-refractivity contribution is 5.48. The summed E-state index contributed by atoms with van der Waals surface area (Å²) >= 11 is 0. The number of anilines is 1. The molecular weight excluding hydrogens is 231 g/mol. The monoisotopic (exact) mass is 247 g/mol. The molecule has 2 nitrogen and oxygen atoms in total. The van der Waals surface area contributed by atoms with Gasteiger partial charge in [0.25, 0.3) is 0 Å². The van der Waals surface area contributed by atoms with Gasteiger partial charge in [-0.15, -0.1) is 0 Å². The Labute approximate surface area is 98.7 Å². The lowest BCUT2D eigenvalue weighted by atomic mass is 10.1. The van der Waals surface area contributed by atoms with E-state index in [1.807, 2.05) is 0 Å². The first kappa shape index (κ1) is 13.8. The second kappa shape index (κ2) is 5.40. The van der Waals surface area contributed by atoms with Crippen molar-refractivity contribution in [1.82, 2.24) is 0 Å². The van der Waals surface area contributed by atoms with Gasteiger partial charge in [0, 0.05) is 12.2 Å². The average molecular weight is 247 g/mol. The number of alkyl halides is 3. The molecule has 1 aromatic carbocycles. The van der Waals surface area contributed by atoms with Gasteiger partial charge < -0.3 is 10.0 Å². The van der Waals surface area contributed by atoms with E-state index in [4.69, 9.17) is 0 Å². The molecule has 0 saturated carbocycles. The molecule has 0 aliphatic rings. The number of hydrogen-bond acceptors (Lipinski definition) is 2. The molecule has 0 heterocycles. The van der Waals surface area contributed by atoms with Gasteiger partial charge in [0.2, 0.25) is 0 Å². The number of rotatable bonds is 4. The van der Waals surface area contributed by atoms with Crippen LogP contribution in [0.15, 0.2) is 24.3 Å². The van der Waals surface area contributed by atoms with E-state index in [0.29, 0.717) is 11.3 Å². The molecule has 0 amide bonds. The Morgan fingerprint density at radius 1 is 1.24 bits per heavy atom. The molecule has 5 heteroatoms. The van der Waals surface area contributed by atoms with Crippen LogP contribution < -0.4 is 4.90 Å². The highest BCUT2D eigenvalue weighted by Crippen LogP contribution is 2.23. The van der Waals surface area contributed by atoms with Crippen LogP contribution in [0.3, 0.4) is 0 Å². The molecule has 96 valence electrons. The van der Waals surface area contributed by atoms with Crippen LogP contribution >= 0.6 is 0 Å². The smallest absolute Gasteiger partial charge is 0.389 e. The predicted octanol–water partition coefficient (Wildman–Crippen LogP) is 3.13. The van der Waals surface area contributed by atoms with E-state index in [1.54, 1.807) is 38.1 Å². The summed E-state index contributed by atoms with van der Waals surface area (Å²) < 4.78 is 36.9. The number of benzene rings is 1. The van der Waals surface area contributed by atoms with E-state index in [9.17, 15) is 18.3 Å². The fourth-order valence-corrected chi connectivity index (χ4v) is 1.57. The van der Waals surface area contributed by atoms with Gasteiger partial charge >= 0.3 is 6.18 Å². The van der Waals surface area contributed by atoms with Crippen molar-refractivity contribution in [3.63, 3.8) is 0 Å². The minimum atomic E-state index is -4.21. The SMILES string of the molecule is CCN(CC(F)(F)F)c1ccc([C@H](C)O)cc1. The topological polar surface area (TPSA) is 23.5 Å². The Kier molecular flexibility index (Phi) is 4.40. The first-order valence-corrected chi connectivity index (χ1v) is 5.43. The summed E-state index contributed by atoms with van der Waals surface area (Å²) in [6, 6.07) is 6.46. The standard InChI is InChI=1S/C12H16F3NO/c1-3-16(8-12(13,14)15)11-6-4-10(5-7-11)9(2)17/h4-7,9,17H,3,8H2,1-2H3/t9-/m0/s1. The number of nitrogens with zero attached hydrogens (tertiary/aromatic N) is 1. The van der Waals surface area contributed by atoms with Crippen molar-refractivity contribution in [3.05, 3.63) is 29.8 Å². The molecule has 0 aromatic heterocycles. The molecule has 0 aliphatic carbocycles. The normalized spacial score (nSPS) is 13.5. The molecule has 0 aliphatic heterocycles. The number of aliphatic hydroxyl groups excluding tert-OH is 1. The van der Waals surface area contributed by atoms with Crippen LogP contribution in [0.5, 0.6) is 0 Å². The molecule has 0 bridgehead atoms. The predicted molar refractivity (Wildman–Crippen MR) is 61.0 cm³/mol. The zero-order chi connectivity index (χ0) is 13.1. The van der Waals surface area contributed by atoms with Gasteiger partial charge in [-0.05, 0) is 31.5 Å². The summed E-state index contributed by atoms with van der Waals surface area (Å²) in [5.41, 5.74) is 1.20. The van der Waals surface area contributed by atoms with Crippen LogP contribution in [0, 0.1) is 0 Å². The van der Waals surface area contributed by atoms with Crippen molar-refractivity contribution >= 4 is 5.69 Å². The van der Waals surface area contributed by atoms with E-state index >= 15 is 0 Å². The minimum Gasteiger partial charge on any atom is -0.389 e. The second-order valence-electron chi connectivity index (χ2n) is 3.90. The summed E-state index contributed by atoms with van der Waals surface area (Å²) in [5.74, 6) is 0. The highest BCUT2D eigenvalue weighted by Gasteiger charge is 2.30. The van der Waals surface area contributed by atoms with Crippen LogP contribution in [0.25, 0.3) is 0 Å². The number of hydrogen-bond donors (Lipinski definition) is 1. The third-order valence-corrected chi connectivity index (χ3v) is 2.49. The molecule has 1 rings (SSSR count). The fraction of sp³-hybridized carbons (Fsp3) is 0.500. The molecule has 1 atom stereocenters. The molecule has 0 radical (unpaired) electrons. The summed E-state index contributed by atoms with van der Waals surface area (Å²) in [5, 5.41) is 9.30. The summed E-state index contributed by atoms with van der Waals surface area (Å²) in [7, 11) is 0. The zero-order valence-corrected chi connectivity index (χ0v) is 9.83. The molecular formula is C12H16F3NO. The van der Waals surface area contributed by atoms with Gasteiger partial charge in [-0.1, -0.05) is 12.1 Å². The molecule has 0 saturated heterocycles. The van der Waals surface area contributed by atoms with Crippen LogP contribution in [-0.2, 0) is 0 Å². The van der Waals surface area contributed by atoms with Crippen LogP contribution in [0.2, 0.25) is 0 Å². The third kappa shape index (κ3) is 4.26. The third-order valence-electron chi connectivity index (χ3n) is 2.49. The maximum atomic E-state index is 12.3. The van der Waals surface area contributed by atoms with Crippen molar-refractivity contribution in [3.8, 4) is 0 Å². The molecule has 1 aromatic rings. The van der Waals surface area contributed by atoms with Gasteiger partial charge in [-0.3, -0.25) is 0 Å². The number of aliphatic hydroxyl groups is 1. The van der Waals surface area contributed by atoms with Crippen molar-refractivity contribution in [2.24, 2.45) is 0 Å². The quantitative estimate of drug-likeness (QED) is 0.883. The average Bonchev–Trinajstić information content (AvgIpc) is 2.25. The second-order valence-corrected chi connectivity index (χ2v) is 3.90. The van der Waals surface area contributed by atoms with Crippen molar-refractivity contribution in [2.75, 3.05) is 18.0 Å². The first-order chi connectivity index (χ1) is 7.83. The Morgan fingerprint density at radius 3 is 2.12 bits per heavy atom. The summed E-state index contributed by atoms with van der Waals surface area (Å²) in [6.07, 6.45) is -4.82. The molecule has 17 heavy (non-hydrogen) atoms. The summed E-state index contributed by atoms with van der Waals surface area (Å²) in [4.78, 5) is 1.24. The van der Waals surface area contributed by atoms with Crippen LogP contribution in [0.1, 0.15) is 25.5 Å². The largest absolute Gasteiger partial charge is 0.405 e. The van der Waals surface area contributed by atoms with Crippen molar-refractivity contribution in [1.29, 1.82) is 0 Å². The van der Waals surface area contributed by atoms with Crippen LogP contribution in [0.4, 0.5) is 18.9 Å². The Morgan fingerprint density at radius 2 is 1.76 bits per heavy atom.